The van der Waals surface area contributed by atoms with Gasteiger partial charge < -0.3 is 19.9 Å². The molecule has 2 fully saturated rings. The Bertz CT molecular complexity index is 572. The number of nitrogens with zero attached hydrogens (tertiary/aromatic N) is 3. The molecule has 0 bridgehead atoms. The lowest BCUT2D eigenvalue weighted by molar-refractivity contribution is -0.136. The average Bonchev–Trinajstić information content (AvgIpc) is 2.68. The summed E-state index contributed by atoms with van der Waals surface area (Å²) < 4.78 is 5.52. The van der Waals surface area contributed by atoms with Gasteiger partial charge in [0, 0.05) is 51.4 Å². The molecular formula is C19H30N4O2. The summed E-state index contributed by atoms with van der Waals surface area (Å²) in [5.41, 5.74) is 1.08. The molecule has 1 aromatic rings. The molecule has 0 aromatic heterocycles. The van der Waals surface area contributed by atoms with E-state index in [-0.39, 0.29) is 11.9 Å². The largest absolute Gasteiger partial charge is 0.496 e. The molecule has 1 N–H and O–H groups in total. The quantitative estimate of drug-likeness (QED) is 0.855. The van der Waals surface area contributed by atoms with E-state index in [1.807, 2.05) is 23.1 Å². The van der Waals surface area contributed by atoms with Crippen LogP contribution in [0.15, 0.2) is 24.3 Å². The number of piperazine rings is 2. The van der Waals surface area contributed by atoms with E-state index >= 15 is 0 Å². The van der Waals surface area contributed by atoms with Crippen molar-refractivity contribution in [3.63, 3.8) is 0 Å². The number of hydrogen-bond acceptors (Lipinski definition) is 5. The molecule has 138 valence electrons. The minimum atomic E-state index is 0.0364. The number of methoxy groups -OCH3 is 1. The van der Waals surface area contributed by atoms with Crippen molar-refractivity contribution in [2.45, 2.75) is 13.0 Å². The van der Waals surface area contributed by atoms with Gasteiger partial charge in [-0.1, -0.05) is 25.1 Å². The van der Waals surface area contributed by atoms with Crippen molar-refractivity contribution in [1.29, 1.82) is 0 Å². The van der Waals surface area contributed by atoms with Crippen LogP contribution in [0.4, 0.5) is 0 Å². The van der Waals surface area contributed by atoms with Crippen molar-refractivity contribution < 1.29 is 9.53 Å². The highest BCUT2D eigenvalue weighted by Crippen LogP contribution is 2.30. The van der Waals surface area contributed by atoms with Crippen LogP contribution in [0.3, 0.4) is 0 Å². The fourth-order valence-electron chi connectivity index (χ4n) is 3.77. The van der Waals surface area contributed by atoms with Crippen LogP contribution in [0.25, 0.3) is 0 Å². The molecule has 25 heavy (non-hydrogen) atoms. The lowest BCUT2D eigenvalue weighted by Crippen LogP contribution is -2.54. The Labute approximate surface area is 150 Å². The van der Waals surface area contributed by atoms with Crippen molar-refractivity contribution in [2.24, 2.45) is 0 Å². The van der Waals surface area contributed by atoms with Crippen LogP contribution in [0.5, 0.6) is 5.75 Å². The molecule has 1 atom stereocenters. The average molecular weight is 346 g/mol. The summed E-state index contributed by atoms with van der Waals surface area (Å²) in [7, 11) is 1.69. The topological polar surface area (TPSA) is 48.0 Å². The first-order valence-electron chi connectivity index (χ1n) is 9.30. The van der Waals surface area contributed by atoms with Crippen LogP contribution in [0.2, 0.25) is 0 Å². The number of benzene rings is 1. The molecule has 2 aliphatic heterocycles. The SMILES string of the molecule is CCN1CCN(CC(=O)N2CCNCC2c2ccccc2OC)CC1. The van der Waals surface area contributed by atoms with Gasteiger partial charge in [0.2, 0.25) is 5.91 Å². The van der Waals surface area contributed by atoms with Gasteiger partial charge in [-0.15, -0.1) is 0 Å². The number of ether oxygens (including phenoxy) is 1. The predicted octanol–water partition coefficient (Wildman–Crippen LogP) is 0.806. The van der Waals surface area contributed by atoms with E-state index in [9.17, 15) is 4.79 Å². The molecule has 3 rings (SSSR count). The molecular weight excluding hydrogens is 316 g/mol. The molecule has 2 heterocycles. The third kappa shape index (κ3) is 4.32. The first kappa shape index (κ1) is 18.2. The maximum absolute atomic E-state index is 13.0. The van der Waals surface area contributed by atoms with Crippen LogP contribution in [0.1, 0.15) is 18.5 Å². The van der Waals surface area contributed by atoms with Crippen LogP contribution in [0, 0.1) is 0 Å². The molecule has 1 aromatic carbocycles. The highest BCUT2D eigenvalue weighted by molar-refractivity contribution is 5.79. The molecule has 2 saturated heterocycles. The van der Waals surface area contributed by atoms with E-state index in [4.69, 9.17) is 4.74 Å². The van der Waals surface area contributed by atoms with Gasteiger partial charge >= 0.3 is 0 Å². The Hall–Kier alpha value is -1.63. The Morgan fingerprint density at radius 2 is 1.88 bits per heavy atom. The summed E-state index contributed by atoms with van der Waals surface area (Å²) in [5, 5.41) is 3.42. The second-order valence-electron chi connectivity index (χ2n) is 6.76. The minimum Gasteiger partial charge on any atom is -0.496 e. The van der Waals surface area contributed by atoms with Crippen molar-refractivity contribution >= 4 is 5.91 Å². The normalized spacial score (nSPS) is 22.8. The number of para-hydroxylation sites is 1. The van der Waals surface area contributed by atoms with E-state index in [2.05, 4.69) is 28.1 Å². The zero-order chi connectivity index (χ0) is 17.6. The van der Waals surface area contributed by atoms with E-state index in [0.29, 0.717) is 6.54 Å². The molecule has 0 aliphatic carbocycles. The summed E-state index contributed by atoms with van der Waals surface area (Å²) in [5.74, 6) is 1.08. The number of amides is 1. The smallest absolute Gasteiger partial charge is 0.237 e. The van der Waals surface area contributed by atoms with Gasteiger partial charge in [0.15, 0.2) is 0 Å². The van der Waals surface area contributed by atoms with Crippen LogP contribution in [-0.4, -0.2) is 86.6 Å². The second kappa shape index (κ2) is 8.65. The molecule has 1 unspecified atom stereocenters. The third-order valence-corrected chi connectivity index (χ3v) is 5.33. The molecule has 2 aliphatic rings. The molecule has 6 heteroatoms. The van der Waals surface area contributed by atoms with Crippen molar-refractivity contribution in [3.05, 3.63) is 29.8 Å². The van der Waals surface area contributed by atoms with Crippen molar-refractivity contribution in [3.8, 4) is 5.75 Å². The van der Waals surface area contributed by atoms with E-state index < -0.39 is 0 Å². The summed E-state index contributed by atoms with van der Waals surface area (Å²) >= 11 is 0. The number of likely N-dealkylation sites (N-methyl/N-ethyl adjacent to an activating group) is 1. The number of carbonyl (C=O) groups excluding carboxylic acids is 1. The van der Waals surface area contributed by atoms with Crippen LogP contribution in [-0.2, 0) is 4.79 Å². The van der Waals surface area contributed by atoms with Gasteiger partial charge in [-0.2, -0.15) is 0 Å². The van der Waals surface area contributed by atoms with Gasteiger partial charge in [-0.3, -0.25) is 9.69 Å². The minimum absolute atomic E-state index is 0.0364. The predicted molar refractivity (Wildman–Crippen MR) is 98.9 cm³/mol. The van der Waals surface area contributed by atoms with E-state index in [1.165, 1.54) is 0 Å². The molecule has 6 nitrogen and oxygen atoms in total. The maximum Gasteiger partial charge on any atom is 0.237 e. The molecule has 0 saturated carbocycles. The Kier molecular flexibility index (Phi) is 6.29. The van der Waals surface area contributed by atoms with E-state index in [1.54, 1.807) is 7.11 Å². The van der Waals surface area contributed by atoms with Crippen LogP contribution < -0.4 is 10.1 Å². The van der Waals surface area contributed by atoms with Gasteiger partial charge in [-0.25, -0.2) is 0 Å². The van der Waals surface area contributed by atoms with Crippen LogP contribution >= 0.6 is 0 Å². The van der Waals surface area contributed by atoms with Gasteiger partial charge in [0.1, 0.15) is 5.75 Å². The lowest BCUT2D eigenvalue weighted by atomic mass is 10.0. The summed E-state index contributed by atoms with van der Waals surface area (Å²) in [6, 6.07) is 8.05. The van der Waals surface area contributed by atoms with Gasteiger partial charge in [0.25, 0.3) is 0 Å². The van der Waals surface area contributed by atoms with Gasteiger partial charge in [-0.05, 0) is 12.6 Å². The van der Waals surface area contributed by atoms with Crippen molar-refractivity contribution in [2.75, 3.05) is 66.0 Å². The van der Waals surface area contributed by atoms with Crippen molar-refractivity contribution in [1.82, 2.24) is 20.0 Å². The summed E-state index contributed by atoms with van der Waals surface area (Å²) in [6.07, 6.45) is 0. The first-order chi connectivity index (χ1) is 12.2. The molecule has 0 spiro atoms. The third-order valence-electron chi connectivity index (χ3n) is 5.33. The zero-order valence-electron chi connectivity index (χ0n) is 15.4. The summed E-state index contributed by atoms with van der Waals surface area (Å²) in [6.45, 7) is 10.2. The zero-order valence-corrected chi connectivity index (χ0v) is 15.4. The van der Waals surface area contributed by atoms with Gasteiger partial charge in [0.05, 0.1) is 19.7 Å². The highest BCUT2D eigenvalue weighted by Gasteiger charge is 2.31. The second-order valence-corrected chi connectivity index (χ2v) is 6.76. The Morgan fingerprint density at radius 3 is 2.60 bits per heavy atom. The number of nitrogens with one attached hydrogen (secondary N) is 1. The Balaban J connectivity index is 1.67. The number of carbonyl (C=O) groups is 1. The number of rotatable bonds is 5. The lowest BCUT2D eigenvalue weighted by Gasteiger charge is -2.39. The summed E-state index contributed by atoms with van der Waals surface area (Å²) in [4.78, 5) is 19.8. The fraction of sp³-hybridized carbons (Fsp3) is 0.632. The maximum atomic E-state index is 13.0. The standard InChI is InChI=1S/C19H30N4O2/c1-3-21-10-12-22(13-11-21)15-19(24)23-9-8-20-14-17(23)16-6-4-5-7-18(16)25-2/h4-7,17,20H,3,8-15H2,1-2H3. The Morgan fingerprint density at radius 1 is 1.16 bits per heavy atom. The molecule has 0 radical (unpaired) electrons. The first-order valence-corrected chi connectivity index (χ1v) is 9.30. The molecule has 1 amide bonds. The number of hydrogen-bond donors (Lipinski definition) is 1. The van der Waals surface area contributed by atoms with E-state index in [0.717, 1.165) is 63.7 Å². The fourth-order valence-corrected chi connectivity index (χ4v) is 3.77. The monoisotopic (exact) mass is 346 g/mol. The highest BCUT2D eigenvalue weighted by atomic mass is 16.5.